The Kier molecular flexibility index (Phi) is 5.29. The molecular formula is C13H24N4OS. The molecule has 1 unspecified atom stereocenters. The Morgan fingerprint density at radius 1 is 1.53 bits per heavy atom. The lowest BCUT2D eigenvalue weighted by atomic mass is 9.88. The molecule has 5 nitrogen and oxygen atoms in total. The largest absolute Gasteiger partial charge is 0.352 e. The fourth-order valence-electron chi connectivity index (χ4n) is 1.58. The molecule has 108 valence electrons. The van der Waals surface area contributed by atoms with Gasteiger partial charge in [-0.05, 0) is 31.0 Å². The van der Waals surface area contributed by atoms with Gasteiger partial charge in [0.05, 0.1) is 0 Å². The first-order valence-electron chi connectivity index (χ1n) is 6.69. The van der Waals surface area contributed by atoms with Crippen LogP contribution >= 0.6 is 12.2 Å². The number of amides is 1. The summed E-state index contributed by atoms with van der Waals surface area (Å²) in [5.74, 6) is 0.809. The van der Waals surface area contributed by atoms with Crippen LogP contribution in [0.3, 0.4) is 0 Å². The molecule has 1 rings (SSSR count). The number of carbonyl (C=O) groups excluding carboxylic acids is 1. The van der Waals surface area contributed by atoms with Crippen LogP contribution in [-0.2, 0) is 17.8 Å². The van der Waals surface area contributed by atoms with Crippen molar-refractivity contribution in [3.05, 3.63) is 10.6 Å². The molecule has 1 atom stereocenters. The van der Waals surface area contributed by atoms with Gasteiger partial charge in [0.15, 0.2) is 4.77 Å². The highest BCUT2D eigenvalue weighted by Gasteiger charge is 2.22. The van der Waals surface area contributed by atoms with E-state index in [2.05, 4.69) is 43.2 Å². The molecule has 0 saturated heterocycles. The van der Waals surface area contributed by atoms with Crippen molar-refractivity contribution >= 4 is 18.1 Å². The van der Waals surface area contributed by atoms with Gasteiger partial charge in [0, 0.05) is 12.5 Å². The monoisotopic (exact) mass is 284 g/mol. The van der Waals surface area contributed by atoms with Crippen molar-refractivity contribution in [2.24, 2.45) is 5.41 Å². The van der Waals surface area contributed by atoms with Gasteiger partial charge in [0.2, 0.25) is 5.91 Å². The number of hydrogen-bond donors (Lipinski definition) is 2. The maximum absolute atomic E-state index is 12.1. The van der Waals surface area contributed by atoms with Gasteiger partial charge >= 0.3 is 0 Å². The van der Waals surface area contributed by atoms with Gasteiger partial charge in [-0.15, -0.1) is 0 Å². The van der Waals surface area contributed by atoms with E-state index in [0.29, 0.717) is 4.77 Å². The van der Waals surface area contributed by atoms with Crippen LogP contribution in [0.15, 0.2) is 0 Å². The van der Waals surface area contributed by atoms with Crippen molar-refractivity contribution in [2.45, 2.75) is 60.0 Å². The third-order valence-corrected chi connectivity index (χ3v) is 3.60. The zero-order valence-electron chi connectivity index (χ0n) is 12.4. The SMILES string of the molecule is CCCc1n[nH]c(=S)n1CC(=O)NC(C)C(C)(C)C. The minimum Gasteiger partial charge on any atom is -0.352 e. The summed E-state index contributed by atoms with van der Waals surface area (Å²) in [6.07, 6.45) is 1.79. The second kappa shape index (κ2) is 6.32. The standard InChI is InChI=1S/C13H24N4OS/c1-6-7-10-15-16-12(19)17(10)8-11(18)14-9(2)13(3,4)5/h9H,6-8H2,1-5H3,(H,14,18)(H,16,19). The summed E-state index contributed by atoms with van der Waals surface area (Å²) in [4.78, 5) is 12.1. The molecule has 19 heavy (non-hydrogen) atoms. The number of rotatable bonds is 5. The van der Waals surface area contributed by atoms with Crippen molar-refractivity contribution < 1.29 is 4.79 Å². The Morgan fingerprint density at radius 2 is 2.16 bits per heavy atom. The van der Waals surface area contributed by atoms with E-state index in [-0.39, 0.29) is 23.9 Å². The molecule has 0 fully saturated rings. The van der Waals surface area contributed by atoms with Crippen LogP contribution in [-0.4, -0.2) is 26.7 Å². The van der Waals surface area contributed by atoms with Gasteiger partial charge in [-0.3, -0.25) is 14.5 Å². The lowest BCUT2D eigenvalue weighted by Gasteiger charge is -2.28. The summed E-state index contributed by atoms with van der Waals surface area (Å²) in [5.41, 5.74) is 0.0414. The highest BCUT2D eigenvalue weighted by Crippen LogP contribution is 2.18. The molecule has 0 radical (unpaired) electrons. The third kappa shape index (κ3) is 4.45. The van der Waals surface area contributed by atoms with Crippen molar-refractivity contribution in [3.63, 3.8) is 0 Å². The zero-order chi connectivity index (χ0) is 14.6. The average molecular weight is 284 g/mol. The Hall–Kier alpha value is -1.17. The van der Waals surface area contributed by atoms with Crippen molar-refractivity contribution in [1.82, 2.24) is 20.1 Å². The normalized spacial score (nSPS) is 13.3. The Bertz CT molecular complexity index is 484. The van der Waals surface area contributed by atoms with Gasteiger partial charge in [-0.1, -0.05) is 27.7 Å². The molecule has 2 N–H and O–H groups in total. The Labute approximate surface area is 119 Å². The number of aromatic amines is 1. The molecular weight excluding hydrogens is 260 g/mol. The van der Waals surface area contributed by atoms with Crippen LogP contribution < -0.4 is 5.32 Å². The van der Waals surface area contributed by atoms with Crippen molar-refractivity contribution in [3.8, 4) is 0 Å². The summed E-state index contributed by atoms with van der Waals surface area (Å²) < 4.78 is 2.27. The molecule has 1 aromatic rings. The molecule has 1 amide bonds. The minimum atomic E-state index is -0.0303. The summed E-state index contributed by atoms with van der Waals surface area (Å²) in [6, 6.07) is 0.107. The van der Waals surface area contributed by atoms with E-state index in [0.717, 1.165) is 18.7 Å². The van der Waals surface area contributed by atoms with Crippen LogP contribution in [0.25, 0.3) is 0 Å². The first-order valence-corrected chi connectivity index (χ1v) is 7.10. The van der Waals surface area contributed by atoms with Gasteiger partial charge in [-0.25, -0.2) is 0 Å². The van der Waals surface area contributed by atoms with Crippen LogP contribution in [0, 0.1) is 10.2 Å². The predicted octanol–water partition coefficient (Wildman–Crippen LogP) is 2.44. The number of carbonyl (C=O) groups is 1. The molecule has 0 saturated carbocycles. The van der Waals surface area contributed by atoms with E-state index in [4.69, 9.17) is 12.2 Å². The molecule has 0 aliphatic heterocycles. The number of aromatic nitrogens is 3. The molecule has 1 aromatic heterocycles. The van der Waals surface area contributed by atoms with Crippen LogP contribution in [0.1, 0.15) is 46.9 Å². The highest BCUT2D eigenvalue weighted by atomic mass is 32.1. The lowest BCUT2D eigenvalue weighted by Crippen LogP contribution is -2.42. The number of aryl methyl sites for hydroxylation is 1. The molecule has 0 spiro atoms. The quantitative estimate of drug-likeness (QED) is 0.816. The summed E-state index contributed by atoms with van der Waals surface area (Å²) in [6.45, 7) is 10.6. The van der Waals surface area contributed by atoms with Crippen molar-refractivity contribution in [2.75, 3.05) is 0 Å². The van der Waals surface area contributed by atoms with Gasteiger partial charge in [0.25, 0.3) is 0 Å². The highest BCUT2D eigenvalue weighted by molar-refractivity contribution is 7.71. The van der Waals surface area contributed by atoms with E-state index in [9.17, 15) is 4.79 Å². The number of H-pyrrole nitrogens is 1. The number of nitrogens with zero attached hydrogens (tertiary/aromatic N) is 2. The summed E-state index contributed by atoms with van der Waals surface area (Å²) in [5, 5.41) is 9.91. The second-order valence-electron chi connectivity index (χ2n) is 5.94. The number of nitrogens with one attached hydrogen (secondary N) is 2. The molecule has 0 aromatic carbocycles. The maximum Gasteiger partial charge on any atom is 0.240 e. The lowest BCUT2D eigenvalue weighted by molar-refractivity contribution is -0.123. The Morgan fingerprint density at radius 3 is 2.68 bits per heavy atom. The van der Waals surface area contributed by atoms with Gasteiger partial charge < -0.3 is 5.32 Å². The summed E-state index contributed by atoms with van der Waals surface area (Å²) in [7, 11) is 0. The zero-order valence-corrected chi connectivity index (χ0v) is 13.2. The van der Waals surface area contributed by atoms with E-state index in [1.807, 2.05) is 6.92 Å². The fourth-order valence-corrected chi connectivity index (χ4v) is 1.79. The topological polar surface area (TPSA) is 62.7 Å². The van der Waals surface area contributed by atoms with Crippen LogP contribution in [0.5, 0.6) is 0 Å². The van der Waals surface area contributed by atoms with Gasteiger partial charge in [0.1, 0.15) is 12.4 Å². The number of hydrogen-bond acceptors (Lipinski definition) is 3. The van der Waals surface area contributed by atoms with E-state index < -0.39 is 0 Å². The molecule has 0 aliphatic carbocycles. The first kappa shape index (κ1) is 15.9. The van der Waals surface area contributed by atoms with Crippen LogP contribution in [0.2, 0.25) is 0 Å². The Balaban J connectivity index is 2.72. The maximum atomic E-state index is 12.1. The van der Waals surface area contributed by atoms with E-state index in [1.54, 1.807) is 4.57 Å². The fraction of sp³-hybridized carbons (Fsp3) is 0.769. The molecule has 0 aliphatic rings. The van der Waals surface area contributed by atoms with Crippen LogP contribution in [0.4, 0.5) is 0 Å². The van der Waals surface area contributed by atoms with E-state index >= 15 is 0 Å². The first-order chi connectivity index (χ1) is 8.75. The average Bonchev–Trinajstić information content (AvgIpc) is 2.60. The second-order valence-corrected chi connectivity index (χ2v) is 6.32. The van der Waals surface area contributed by atoms with E-state index in [1.165, 1.54) is 0 Å². The molecule has 1 heterocycles. The third-order valence-electron chi connectivity index (χ3n) is 3.29. The van der Waals surface area contributed by atoms with Crippen molar-refractivity contribution in [1.29, 1.82) is 0 Å². The summed E-state index contributed by atoms with van der Waals surface area (Å²) >= 11 is 5.16. The van der Waals surface area contributed by atoms with Gasteiger partial charge in [-0.2, -0.15) is 5.10 Å². The minimum absolute atomic E-state index is 0.0303. The smallest absolute Gasteiger partial charge is 0.240 e. The predicted molar refractivity (Wildman–Crippen MR) is 78.5 cm³/mol. The molecule has 0 bridgehead atoms. The molecule has 6 heteroatoms.